The second-order valence-electron chi connectivity index (χ2n) is 4.03. The van der Waals surface area contributed by atoms with E-state index < -0.39 is 0 Å². The van der Waals surface area contributed by atoms with E-state index in [1.54, 1.807) is 0 Å². The number of unbranched alkanes of at least 4 members (excludes halogenated alkanes) is 4. The van der Waals surface area contributed by atoms with Gasteiger partial charge in [0.25, 0.3) is 0 Å². The summed E-state index contributed by atoms with van der Waals surface area (Å²) in [5.41, 5.74) is 2.26. The van der Waals surface area contributed by atoms with E-state index >= 15 is 0 Å². The molecule has 0 fully saturated rings. The van der Waals surface area contributed by atoms with Crippen LogP contribution in [-0.2, 0) is 0 Å². The minimum Gasteiger partial charge on any atom is -0.266 e. The summed E-state index contributed by atoms with van der Waals surface area (Å²) in [6.45, 7) is 10.1. The van der Waals surface area contributed by atoms with E-state index in [9.17, 15) is 0 Å². The second-order valence-corrected chi connectivity index (χ2v) is 4.03. The lowest BCUT2D eigenvalue weighted by Gasteiger charge is -2.02. The summed E-state index contributed by atoms with van der Waals surface area (Å²) in [5.74, 6) is 0. The molecule has 1 nitrogen and oxygen atoms in total. The lowest BCUT2D eigenvalue weighted by atomic mass is 10.1. The lowest BCUT2D eigenvalue weighted by molar-refractivity contribution is 0.629. The highest BCUT2D eigenvalue weighted by Crippen LogP contribution is 2.13. The van der Waals surface area contributed by atoms with Crippen molar-refractivity contribution in [2.24, 2.45) is 4.99 Å². The summed E-state index contributed by atoms with van der Waals surface area (Å²) >= 11 is 0. The van der Waals surface area contributed by atoms with Crippen molar-refractivity contribution >= 4 is 6.21 Å². The number of allylic oxidation sites excluding steroid dienone is 3. The van der Waals surface area contributed by atoms with Crippen molar-refractivity contribution in [1.29, 1.82) is 0 Å². The van der Waals surface area contributed by atoms with Gasteiger partial charge in [0, 0.05) is 11.9 Å². The van der Waals surface area contributed by atoms with Crippen LogP contribution in [0.3, 0.4) is 0 Å². The first-order chi connectivity index (χ1) is 7.20. The van der Waals surface area contributed by atoms with Crippen molar-refractivity contribution in [1.82, 2.24) is 0 Å². The summed E-state index contributed by atoms with van der Waals surface area (Å²) in [6.07, 6.45) is 11.6. The molecule has 0 bridgehead atoms. The predicted octanol–water partition coefficient (Wildman–Crippen LogP) is 4.90. The maximum atomic E-state index is 4.36. The highest BCUT2D eigenvalue weighted by atomic mass is 14.7. The normalized spacial score (nSPS) is 12.3. The van der Waals surface area contributed by atoms with Crippen molar-refractivity contribution in [3.63, 3.8) is 0 Å². The van der Waals surface area contributed by atoms with Gasteiger partial charge in [-0.2, -0.15) is 0 Å². The van der Waals surface area contributed by atoms with E-state index in [2.05, 4.69) is 24.6 Å². The van der Waals surface area contributed by atoms with Gasteiger partial charge < -0.3 is 0 Å². The van der Waals surface area contributed by atoms with Crippen LogP contribution in [0.15, 0.2) is 28.9 Å². The van der Waals surface area contributed by atoms with Gasteiger partial charge in [0.15, 0.2) is 0 Å². The minimum atomic E-state index is 1.08. The van der Waals surface area contributed by atoms with Crippen LogP contribution in [0.2, 0.25) is 0 Å². The van der Waals surface area contributed by atoms with Crippen molar-refractivity contribution in [2.45, 2.75) is 59.3 Å². The van der Waals surface area contributed by atoms with Crippen LogP contribution in [0, 0.1) is 0 Å². The Bertz CT molecular complexity index is 223. The third-order valence-electron chi connectivity index (χ3n) is 2.24. The second kappa shape index (κ2) is 9.70. The standard InChI is InChI=1S/C14H25N/c1-5-7-8-9-10-11-14(15-6-2)12-13(3)4/h6,12H,3,5,7-11H2,1-2,4H3/b14-12-,15-6-. The van der Waals surface area contributed by atoms with Crippen LogP contribution in [0.4, 0.5) is 0 Å². The fraction of sp³-hybridized carbons (Fsp3) is 0.643. The summed E-state index contributed by atoms with van der Waals surface area (Å²) in [5, 5.41) is 0. The molecule has 0 saturated carbocycles. The Morgan fingerprint density at radius 2 is 1.87 bits per heavy atom. The molecule has 0 spiro atoms. The number of aliphatic imine (C=N–C) groups is 1. The molecule has 0 amide bonds. The van der Waals surface area contributed by atoms with Gasteiger partial charge in [-0.1, -0.05) is 44.8 Å². The first kappa shape index (κ1) is 14.2. The first-order valence-electron chi connectivity index (χ1n) is 6.05. The largest absolute Gasteiger partial charge is 0.266 e. The summed E-state index contributed by atoms with van der Waals surface area (Å²) in [4.78, 5) is 4.36. The fourth-order valence-corrected chi connectivity index (χ4v) is 1.53. The summed E-state index contributed by atoms with van der Waals surface area (Å²) in [6, 6.07) is 0. The van der Waals surface area contributed by atoms with E-state index in [0.717, 1.165) is 12.0 Å². The maximum absolute atomic E-state index is 4.36. The molecular formula is C14H25N. The van der Waals surface area contributed by atoms with Gasteiger partial charge in [0.05, 0.1) is 0 Å². The molecule has 0 radical (unpaired) electrons. The topological polar surface area (TPSA) is 12.4 Å². The van der Waals surface area contributed by atoms with Crippen LogP contribution in [-0.4, -0.2) is 6.21 Å². The SMILES string of the molecule is C=C(C)/C=C(CCCCCCC)\N=C/C. The average molecular weight is 207 g/mol. The molecule has 0 aromatic carbocycles. The van der Waals surface area contributed by atoms with Crippen molar-refractivity contribution in [3.8, 4) is 0 Å². The Labute approximate surface area is 95.0 Å². The molecule has 0 aliphatic heterocycles. The van der Waals surface area contributed by atoms with Crippen LogP contribution in [0.5, 0.6) is 0 Å². The van der Waals surface area contributed by atoms with E-state index in [1.165, 1.54) is 37.8 Å². The molecule has 0 saturated heterocycles. The molecule has 0 heterocycles. The lowest BCUT2D eigenvalue weighted by Crippen LogP contribution is -1.84. The molecule has 0 aromatic heterocycles. The summed E-state index contributed by atoms with van der Waals surface area (Å²) < 4.78 is 0. The van der Waals surface area contributed by atoms with Gasteiger partial charge in [-0.3, -0.25) is 4.99 Å². The molecular weight excluding hydrogens is 182 g/mol. The van der Waals surface area contributed by atoms with E-state index in [4.69, 9.17) is 0 Å². The number of hydrogen-bond donors (Lipinski definition) is 0. The average Bonchev–Trinajstić information content (AvgIpc) is 2.17. The van der Waals surface area contributed by atoms with Crippen LogP contribution >= 0.6 is 0 Å². The van der Waals surface area contributed by atoms with E-state index in [-0.39, 0.29) is 0 Å². The quantitative estimate of drug-likeness (QED) is 0.305. The third-order valence-corrected chi connectivity index (χ3v) is 2.24. The zero-order chi connectivity index (χ0) is 11.5. The molecule has 0 aliphatic rings. The van der Waals surface area contributed by atoms with E-state index in [1.807, 2.05) is 20.1 Å². The van der Waals surface area contributed by atoms with Gasteiger partial charge in [-0.05, 0) is 32.8 Å². The van der Waals surface area contributed by atoms with Gasteiger partial charge in [0.2, 0.25) is 0 Å². The first-order valence-corrected chi connectivity index (χ1v) is 6.05. The molecule has 0 N–H and O–H groups in total. The fourth-order valence-electron chi connectivity index (χ4n) is 1.53. The van der Waals surface area contributed by atoms with Gasteiger partial charge in [0.1, 0.15) is 0 Å². The minimum absolute atomic E-state index is 1.08. The van der Waals surface area contributed by atoms with Crippen LogP contribution in [0.1, 0.15) is 59.3 Å². The van der Waals surface area contributed by atoms with Crippen molar-refractivity contribution in [3.05, 3.63) is 23.9 Å². The highest BCUT2D eigenvalue weighted by molar-refractivity contribution is 5.55. The predicted molar refractivity (Wildman–Crippen MR) is 70.4 cm³/mol. The van der Waals surface area contributed by atoms with Crippen LogP contribution < -0.4 is 0 Å². The number of nitrogens with zero attached hydrogens (tertiary/aromatic N) is 1. The zero-order valence-electron chi connectivity index (χ0n) is 10.6. The Balaban J connectivity index is 3.82. The molecule has 0 atom stereocenters. The maximum Gasteiger partial charge on any atom is 0.0401 e. The Hall–Kier alpha value is -0.850. The monoisotopic (exact) mass is 207 g/mol. The Morgan fingerprint density at radius 1 is 1.20 bits per heavy atom. The van der Waals surface area contributed by atoms with Gasteiger partial charge in [-0.15, -0.1) is 0 Å². The number of rotatable bonds is 8. The zero-order valence-corrected chi connectivity index (χ0v) is 10.6. The molecule has 15 heavy (non-hydrogen) atoms. The van der Waals surface area contributed by atoms with Crippen molar-refractivity contribution < 1.29 is 0 Å². The number of hydrogen-bond acceptors (Lipinski definition) is 1. The Kier molecular flexibility index (Phi) is 9.15. The molecule has 1 heteroatoms. The smallest absolute Gasteiger partial charge is 0.0401 e. The molecule has 0 unspecified atom stereocenters. The Morgan fingerprint density at radius 3 is 2.40 bits per heavy atom. The van der Waals surface area contributed by atoms with Crippen LogP contribution in [0.25, 0.3) is 0 Å². The van der Waals surface area contributed by atoms with E-state index in [0.29, 0.717) is 0 Å². The van der Waals surface area contributed by atoms with Gasteiger partial charge >= 0.3 is 0 Å². The third kappa shape index (κ3) is 9.45. The molecule has 0 rings (SSSR count). The summed E-state index contributed by atoms with van der Waals surface area (Å²) in [7, 11) is 0. The van der Waals surface area contributed by atoms with Gasteiger partial charge in [-0.25, -0.2) is 0 Å². The van der Waals surface area contributed by atoms with Crippen molar-refractivity contribution in [2.75, 3.05) is 0 Å². The molecule has 0 aliphatic carbocycles. The molecule has 86 valence electrons. The molecule has 0 aromatic rings. The highest BCUT2D eigenvalue weighted by Gasteiger charge is 1.95.